The van der Waals surface area contributed by atoms with E-state index in [0.717, 1.165) is 50.0 Å². The van der Waals surface area contributed by atoms with Gasteiger partial charge in [-0.3, -0.25) is 0 Å². The number of esters is 1. The predicted octanol–water partition coefficient (Wildman–Crippen LogP) is 1.88. The summed E-state index contributed by atoms with van der Waals surface area (Å²) in [5, 5.41) is 10.3. The lowest BCUT2D eigenvalue weighted by Gasteiger charge is -2.37. The van der Waals surface area contributed by atoms with Gasteiger partial charge >= 0.3 is 5.97 Å². The first-order valence-corrected chi connectivity index (χ1v) is 6.43. The van der Waals surface area contributed by atoms with Gasteiger partial charge in [0, 0.05) is 24.3 Å². The van der Waals surface area contributed by atoms with Crippen LogP contribution in [0.1, 0.15) is 34.3 Å². The van der Waals surface area contributed by atoms with Crippen molar-refractivity contribution in [1.82, 2.24) is 0 Å². The van der Waals surface area contributed by atoms with Crippen LogP contribution in [0.2, 0.25) is 0 Å². The molecule has 1 N–H and O–H groups in total. The van der Waals surface area contributed by atoms with Gasteiger partial charge in [0.05, 0.1) is 7.11 Å². The van der Waals surface area contributed by atoms with Crippen molar-refractivity contribution in [2.75, 3.05) is 25.1 Å². The van der Waals surface area contributed by atoms with Gasteiger partial charge in [-0.15, -0.1) is 0 Å². The molecule has 0 atom stereocenters. The Hall–Kier alpha value is -1.71. The molecule has 0 fully saturated rings. The first-order valence-electron chi connectivity index (χ1n) is 6.43. The van der Waals surface area contributed by atoms with Crippen LogP contribution in [0.25, 0.3) is 0 Å². The second-order valence-electron chi connectivity index (χ2n) is 4.94. The van der Waals surface area contributed by atoms with Gasteiger partial charge in [0.2, 0.25) is 0 Å². The van der Waals surface area contributed by atoms with Crippen molar-refractivity contribution in [2.24, 2.45) is 0 Å². The van der Waals surface area contributed by atoms with Crippen LogP contribution in [0.4, 0.5) is 5.69 Å². The molecule has 3 rings (SSSR count). The second-order valence-corrected chi connectivity index (χ2v) is 4.94. The molecule has 2 aliphatic heterocycles. The molecule has 0 unspecified atom stereocenters. The number of phenolic OH excluding ortho intramolecular Hbond substituents is 1. The summed E-state index contributed by atoms with van der Waals surface area (Å²) >= 11 is 0. The van der Waals surface area contributed by atoms with Gasteiger partial charge in [-0.2, -0.15) is 0 Å². The molecular formula is C14H17NO3. The largest absolute Gasteiger partial charge is 0.507 e. The zero-order chi connectivity index (χ0) is 12.7. The fraction of sp³-hybridized carbons (Fsp3) is 0.500. The first kappa shape index (κ1) is 11.4. The van der Waals surface area contributed by atoms with Crippen molar-refractivity contribution in [3.05, 3.63) is 22.8 Å². The molecule has 1 aromatic rings. The van der Waals surface area contributed by atoms with Crippen molar-refractivity contribution in [2.45, 2.75) is 25.7 Å². The molecule has 0 amide bonds. The van der Waals surface area contributed by atoms with Crippen molar-refractivity contribution < 1.29 is 14.6 Å². The van der Waals surface area contributed by atoms with Gasteiger partial charge in [0.1, 0.15) is 11.3 Å². The molecule has 2 heterocycles. The molecule has 2 aliphatic rings. The van der Waals surface area contributed by atoms with E-state index >= 15 is 0 Å². The van der Waals surface area contributed by atoms with Crippen molar-refractivity contribution >= 4 is 11.7 Å². The number of nitrogens with zero attached hydrogens (tertiary/aromatic N) is 1. The van der Waals surface area contributed by atoms with Crippen LogP contribution in [-0.2, 0) is 17.6 Å². The number of rotatable bonds is 1. The summed E-state index contributed by atoms with van der Waals surface area (Å²) in [6, 6.07) is 1.80. The summed E-state index contributed by atoms with van der Waals surface area (Å²) in [6.45, 7) is 2.11. The Morgan fingerprint density at radius 3 is 2.78 bits per heavy atom. The number of hydrogen-bond donors (Lipinski definition) is 1. The van der Waals surface area contributed by atoms with Gasteiger partial charge in [-0.25, -0.2) is 4.79 Å². The number of methoxy groups -OCH3 is 1. The highest BCUT2D eigenvalue weighted by Crippen LogP contribution is 2.41. The van der Waals surface area contributed by atoms with E-state index in [9.17, 15) is 9.90 Å². The number of carbonyl (C=O) groups is 1. The van der Waals surface area contributed by atoms with Crippen LogP contribution in [0.3, 0.4) is 0 Å². The van der Waals surface area contributed by atoms with E-state index in [-0.39, 0.29) is 5.75 Å². The molecule has 0 saturated carbocycles. The normalized spacial score (nSPS) is 17.3. The Labute approximate surface area is 106 Å². The van der Waals surface area contributed by atoms with Gasteiger partial charge in [0.15, 0.2) is 0 Å². The highest BCUT2D eigenvalue weighted by Gasteiger charge is 2.29. The quantitative estimate of drug-likeness (QED) is 0.770. The summed E-state index contributed by atoms with van der Waals surface area (Å²) < 4.78 is 4.74. The van der Waals surface area contributed by atoms with E-state index < -0.39 is 5.97 Å². The van der Waals surface area contributed by atoms with Crippen LogP contribution in [0.15, 0.2) is 6.07 Å². The zero-order valence-electron chi connectivity index (χ0n) is 10.5. The van der Waals surface area contributed by atoms with Gasteiger partial charge in [-0.05, 0) is 37.3 Å². The summed E-state index contributed by atoms with van der Waals surface area (Å²) in [7, 11) is 1.35. The zero-order valence-corrected chi connectivity index (χ0v) is 10.5. The van der Waals surface area contributed by atoms with Gasteiger partial charge in [0.25, 0.3) is 0 Å². The first-order chi connectivity index (χ1) is 8.72. The Morgan fingerprint density at radius 2 is 2.06 bits per heavy atom. The molecule has 4 nitrogen and oxygen atoms in total. The molecule has 0 radical (unpaired) electrons. The molecule has 0 bridgehead atoms. The summed E-state index contributed by atoms with van der Waals surface area (Å²) in [5.41, 5.74) is 3.58. The number of phenols is 1. The van der Waals surface area contributed by atoms with Crippen LogP contribution in [-0.4, -0.2) is 31.3 Å². The van der Waals surface area contributed by atoms with Crippen LogP contribution >= 0.6 is 0 Å². The third-order valence-electron chi connectivity index (χ3n) is 3.90. The maximum atomic E-state index is 11.7. The summed E-state index contributed by atoms with van der Waals surface area (Å²) in [6.07, 6.45) is 3.96. The second kappa shape index (κ2) is 4.19. The average molecular weight is 247 g/mol. The third-order valence-corrected chi connectivity index (χ3v) is 3.90. The monoisotopic (exact) mass is 247 g/mol. The Balaban J connectivity index is 2.20. The van der Waals surface area contributed by atoms with E-state index in [1.165, 1.54) is 12.7 Å². The summed E-state index contributed by atoms with van der Waals surface area (Å²) in [5.74, 6) is -0.332. The van der Waals surface area contributed by atoms with Gasteiger partial charge in [-0.1, -0.05) is 0 Å². The van der Waals surface area contributed by atoms with Gasteiger partial charge < -0.3 is 14.7 Å². The maximum absolute atomic E-state index is 11.7. The molecular weight excluding hydrogens is 230 g/mol. The molecule has 0 aliphatic carbocycles. The third kappa shape index (κ3) is 1.55. The smallest absolute Gasteiger partial charge is 0.341 e. The number of benzene rings is 1. The Bertz CT molecular complexity index is 508. The number of aromatic hydroxyl groups is 1. The van der Waals surface area contributed by atoms with E-state index in [0.29, 0.717) is 5.56 Å². The molecule has 0 spiro atoms. The summed E-state index contributed by atoms with van der Waals surface area (Å²) in [4.78, 5) is 14.0. The van der Waals surface area contributed by atoms with E-state index in [1.54, 1.807) is 6.07 Å². The molecule has 18 heavy (non-hydrogen) atoms. The molecule has 1 aromatic carbocycles. The highest BCUT2D eigenvalue weighted by atomic mass is 16.5. The van der Waals surface area contributed by atoms with Crippen LogP contribution in [0.5, 0.6) is 5.75 Å². The fourth-order valence-corrected chi connectivity index (χ4v) is 3.11. The van der Waals surface area contributed by atoms with Crippen LogP contribution < -0.4 is 4.90 Å². The SMILES string of the molecule is COC(=O)c1cc2c3c(c1O)CCCN3CCC2. The standard InChI is InChI=1S/C14H17NO3/c1-18-14(17)11-8-9-4-2-6-15-7-3-5-10(12(9)15)13(11)16/h8,16H,2-7H2,1H3. The number of aryl methyl sites for hydroxylation is 1. The lowest BCUT2D eigenvalue weighted by molar-refractivity contribution is 0.0597. The molecule has 4 heteroatoms. The Morgan fingerprint density at radius 1 is 1.33 bits per heavy atom. The molecule has 96 valence electrons. The minimum Gasteiger partial charge on any atom is -0.507 e. The Kier molecular flexibility index (Phi) is 2.65. The lowest BCUT2D eigenvalue weighted by atomic mass is 9.89. The maximum Gasteiger partial charge on any atom is 0.341 e. The number of ether oxygens (including phenoxy) is 1. The lowest BCUT2D eigenvalue weighted by Crippen LogP contribution is -2.34. The predicted molar refractivity (Wildman–Crippen MR) is 68.3 cm³/mol. The average Bonchev–Trinajstić information content (AvgIpc) is 2.42. The molecule has 0 saturated heterocycles. The number of carbonyl (C=O) groups excluding carboxylic acids is 1. The molecule has 0 aromatic heterocycles. The van der Waals surface area contributed by atoms with E-state index in [4.69, 9.17) is 4.74 Å². The van der Waals surface area contributed by atoms with E-state index in [1.807, 2.05) is 0 Å². The van der Waals surface area contributed by atoms with Crippen LogP contribution in [0, 0.1) is 0 Å². The highest BCUT2D eigenvalue weighted by molar-refractivity contribution is 5.94. The number of hydrogen-bond acceptors (Lipinski definition) is 4. The van der Waals surface area contributed by atoms with Crippen molar-refractivity contribution in [3.63, 3.8) is 0 Å². The topological polar surface area (TPSA) is 49.8 Å². The number of anilines is 1. The van der Waals surface area contributed by atoms with Crippen molar-refractivity contribution in [1.29, 1.82) is 0 Å². The fourth-order valence-electron chi connectivity index (χ4n) is 3.11. The van der Waals surface area contributed by atoms with Crippen molar-refractivity contribution in [3.8, 4) is 5.75 Å². The minimum atomic E-state index is -0.450. The minimum absolute atomic E-state index is 0.118. The van der Waals surface area contributed by atoms with E-state index in [2.05, 4.69) is 4.90 Å².